The van der Waals surface area contributed by atoms with Crippen molar-refractivity contribution in [2.75, 3.05) is 9.80 Å². The highest BCUT2D eigenvalue weighted by molar-refractivity contribution is 6.14. The Bertz CT molecular complexity index is 5020. The number of benzene rings is 13. The van der Waals surface area contributed by atoms with Crippen LogP contribution < -0.4 is 9.80 Å². The largest absolute Gasteiger partial charge is 0.310 e. The summed E-state index contributed by atoms with van der Waals surface area (Å²) >= 11 is 0. The van der Waals surface area contributed by atoms with Crippen molar-refractivity contribution in [1.29, 1.82) is 10.5 Å². The molecule has 0 bridgehead atoms. The van der Waals surface area contributed by atoms with Gasteiger partial charge in [0.1, 0.15) is 0 Å². The van der Waals surface area contributed by atoms with E-state index in [4.69, 9.17) is 0 Å². The molecule has 0 aliphatic rings. The number of hydrogen-bond donors (Lipinski definition) is 0. The van der Waals surface area contributed by atoms with Crippen LogP contribution in [0.25, 0.3) is 98.4 Å². The van der Waals surface area contributed by atoms with Crippen molar-refractivity contribution in [3.63, 3.8) is 0 Å². The van der Waals surface area contributed by atoms with Crippen LogP contribution >= 0.6 is 0 Å². The molecular formula is C74H46N6. The fraction of sp³-hybridized carbons (Fsp3) is 0. The van der Waals surface area contributed by atoms with Crippen LogP contribution in [0.4, 0.5) is 34.1 Å². The summed E-state index contributed by atoms with van der Waals surface area (Å²) in [6, 6.07) is 104. The minimum atomic E-state index is 0.634. The molecule has 0 atom stereocenters. The Hall–Kier alpha value is -11.2. The van der Waals surface area contributed by atoms with Crippen molar-refractivity contribution in [3.05, 3.63) is 290 Å². The molecule has 2 aromatic heterocycles. The summed E-state index contributed by atoms with van der Waals surface area (Å²) in [6.45, 7) is 0. The number of fused-ring (bicyclic) bond motifs is 9. The lowest BCUT2D eigenvalue weighted by Gasteiger charge is -2.29. The first-order chi connectivity index (χ1) is 39.6. The van der Waals surface area contributed by atoms with Gasteiger partial charge in [0.25, 0.3) is 0 Å². The number of hydrogen-bond acceptors (Lipinski definition) is 4. The molecule has 0 aliphatic carbocycles. The molecule has 372 valence electrons. The Morgan fingerprint density at radius 1 is 0.275 bits per heavy atom. The molecule has 13 aromatic carbocycles. The lowest BCUT2D eigenvalue weighted by atomic mass is 9.95. The van der Waals surface area contributed by atoms with Gasteiger partial charge in [0.15, 0.2) is 0 Å². The third-order valence-electron chi connectivity index (χ3n) is 15.9. The number of nitrogens with zero attached hydrogens (tertiary/aromatic N) is 6. The van der Waals surface area contributed by atoms with E-state index in [0.29, 0.717) is 11.1 Å². The molecule has 0 radical (unpaired) electrons. The quantitative estimate of drug-likeness (QED) is 0.145. The summed E-state index contributed by atoms with van der Waals surface area (Å²) in [7, 11) is 0. The summed E-state index contributed by atoms with van der Waals surface area (Å²) in [5.41, 5.74) is 16.3. The molecule has 2 heterocycles. The predicted octanol–water partition coefficient (Wildman–Crippen LogP) is 19.7. The topological polar surface area (TPSA) is 63.9 Å². The molecule has 0 fully saturated rings. The van der Waals surface area contributed by atoms with Gasteiger partial charge in [-0.05, 0) is 155 Å². The maximum Gasteiger partial charge on any atom is 0.0991 e. The minimum Gasteiger partial charge on any atom is -0.310 e. The summed E-state index contributed by atoms with van der Waals surface area (Å²) in [5, 5.41) is 30.7. The number of anilines is 6. The predicted molar refractivity (Wildman–Crippen MR) is 332 cm³/mol. The average Bonchev–Trinajstić information content (AvgIpc) is 4.23. The van der Waals surface area contributed by atoms with Gasteiger partial charge in [0.2, 0.25) is 0 Å². The Labute approximate surface area is 461 Å². The van der Waals surface area contributed by atoms with Crippen LogP contribution in [0.3, 0.4) is 0 Å². The number of aromatic nitrogens is 2. The van der Waals surface area contributed by atoms with Crippen LogP contribution in [-0.4, -0.2) is 9.13 Å². The van der Waals surface area contributed by atoms with Gasteiger partial charge in [0, 0.05) is 66.1 Å². The summed E-state index contributed by atoms with van der Waals surface area (Å²) < 4.78 is 4.59. The van der Waals surface area contributed by atoms with Gasteiger partial charge in [-0.25, -0.2) is 0 Å². The molecule has 6 heteroatoms. The first-order valence-corrected chi connectivity index (χ1v) is 26.9. The third kappa shape index (κ3) is 7.47. The fourth-order valence-electron chi connectivity index (χ4n) is 12.3. The second-order valence-corrected chi connectivity index (χ2v) is 20.3. The van der Waals surface area contributed by atoms with E-state index < -0.39 is 0 Å². The van der Waals surface area contributed by atoms with Crippen molar-refractivity contribution >= 4 is 110 Å². The molecule has 0 N–H and O–H groups in total. The number of rotatable bonds is 9. The van der Waals surface area contributed by atoms with Crippen LogP contribution in [0.5, 0.6) is 0 Å². The first-order valence-electron chi connectivity index (χ1n) is 26.9. The highest BCUT2D eigenvalue weighted by Gasteiger charge is 2.23. The lowest BCUT2D eigenvalue weighted by Crippen LogP contribution is -2.11. The monoisotopic (exact) mass is 1020 g/mol. The zero-order valence-electron chi connectivity index (χ0n) is 43.2. The standard InChI is InChI=1S/C74H46N6/c75-47-49-27-33-55(34-28-49)78-70-23-9-7-21-64(70)66-45-57(39-42-73(66)78)77(68-25-11-15-51-13-1-3-17-60(51)68)54-37-31-53(32-38-54)59-41-44-72(63-20-6-5-19-62(59)63)80(69-26-12-16-52-14-2-4-18-61(52)69)58-40-43-74-67(46-58)65-22-8-10-24-71(65)79(74)56-35-29-50(48-76)30-36-56/h1-46H. The molecule has 15 rings (SSSR count). The van der Waals surface area contributed by atoms with Crippen LogP contribution in [0.15, 0.2) is 279 Å². The summed E-state index contributed by atoms with van der Waals surface area (Å²) in [5.74, 6) is 0. The Kier molecular flexibility index (Phi) is 10.9. The fourth-order valence-corrected chi connectivity index (χ4v) is 12.3. The summed E-state index contributed by atoms with van der Waals surface area (Å²) in [4.78, 5) is 4.83. The maximum absolute atomic E-state index is 9.62. The average molecular weight is 1020 g/mol. The van der Waals surface area contributed by atoms with Crippen molar-refractivity contribution < 1.29 is 0 Å². The van der Waals surface area contributed by atoms with Gasteiger partial charge < -0.3 is 18.9 Å². The van der Waals surface area contributed by atoms with E-state index in [-0.39, 0.29) is 0 Å². The van der Waals surface area contributed by atoms with Gasteiger partial charge in [-0.1, -0.05) is 152 Å². The molecule has 6 nitrogen and oxygen atoms in total. The molecule has 0 unspecified atom stereocenters. The molecule has 0 saturated heterocycles. The van der Waals surface area contributed by atoms with Crippen molar-refractivity contribution in [2.45, 2.75) is 0 Å². The Balaban J connectivity index is 0.874. The van der Waals surface area contributed by atoms with Gasteiger partial charge in [-0.15, -0.1) is 0 Å². The minimum absolute atomic E-state index is 0.634. The van der Waals surface area contributed by atoms with Gasteiger partial charge in [-0.3, -0.25) is 0 Å². The highest BCUT2D eigenvalue weighted by atomic mass is 15.2. The van der Waals surface area contributed by atoms with E-state index in [1.54, 1.807) is 0 Å². The Morgan fingerprint density at radius 3 is 1.20 bits per heavy atom. The number of para-hydroxylation sites is 2. The van der Waals surface area contributed by atoms with Gasteiger partial charge in [-0.2, -0.15) is 10.5 Å². The molecule has 0 spiro atoms. The van der Waals surface area contributed by atoms with E-state index in [1.807, 2.05) is 48.5 Å². The van der Waals surface area contributed by atoms with E-state index in [2.05, 4.69) is 262 Å². The third-order valence-corrected chi connectivity index (χ3v) is 15.9. The van der Waals surface area contributed by atoms with E-state index >= 15 is 0 Å². The van der Waals surface area contributed by atoms with Gasteiger partial charge >= 0.3 is 0 Å². The van der Waals surface area contributed by atoms with Crippen LogP contribution in [0.2, 0.25) is 0 Å². The van der Waals surface area contributed by atoms with E-state index in [1.165, 1.54) is 10.8 Å². The van der Waals surface area contributed by atoms with Crippen molar-refractivity contribution in [3.8, 4) is 34.6 Å². The second-order valence-electron chi connectivity index (χ2n) is 20.3. The van der Waals surface area contributed by atoms with Crippen LogP contribution in [-0.2, 0) is 0 Å². The maximum atomic E-state index is 9.62. The van der Waals surface area contributed by atoms with E-state index in [9.17, 15) is 10.5 Å². The molecular weight excluding hydrogens is 973 g/mol. The molecule has 15 aromatic rings. The second kappa shape index (κ2) is 18.8. The zero-order valence-corrected chi connectivity index (χ0v) is 43.2. The van der Waals surface area contributed by atoms with Crippen molar-refractivity contribution in [1.82, 2.24) is 9.13 Å². The summed E-state index contributed by atoms with van der Waals surface area (Å²) in [6.07, 6.45) is 0. The van der Waals surface area contributed by atoms with Crippen LogP contribution in [0.1, 0.15) is 11.1 Å². The van der Waals surface area contributed by atoms with E-state index in [0.717, 1.165) is 122 Å². The molecule has 0 saturated carbocycles. The Morgan fingerprint density at radius 2 is 0.675 bits per heavy atom. The first kappa shape index (κ1) is 46.1. The smallest absolute Gasteiger partial charge is 0.0991 e. The zero-order chi connectivity index (χ0) is 53.3. The SMILES string of the molecule is N#Cc1ccc(-n2c3ccccc3c3cc(N(c4ccc(-c5ccc(N(c6ccc7c(c6)c6ccccc6n7-c6ccc(C#N)cc6)c6cccc7ccccc67)c6ccccc56)cc4)c4cccc5ccccc45)ccc32)cc1. The lowest BCUT2D eigenvalue weighted by molar-refractivity contribution is 1.18. The van der Waals surface area contributed by atoms with Gasteiger partial charge in [0.05, 0.1) is 62.4 Å². The molecule has 0 amide bonds. The molecule has 80 heavy (non-hydrogen) atoms. The number of nitriles is 2. The van der Waals surface area contributed by atoms with Crippen LogP contribution in [0, 0.1) is 22.7 Å². The molecule has 0 aliphatic heterocycles. The normalized spacial score (nSPS) is 11.5. The van der Waals surface area contributed by atoms with Crippen molar-refractivity contribution in [2.24, 2.45) is 0 Å². The highest BCUT2D eigenvalue weighted by Crippen LogP contribution is 2.47.